The van der Waals surface area contributed by atoms with Crippen LogP contribution in [0, 0.1) is 31.8 Å². The van der Waals surface area contributed by atoms with Crippen LogP contribution < -0.4 is 0 Å². The first-order valence-corrected chi connectivity index (χ1v) is 9.12. The Bertz CT molecular complexity index is 1300. The third-order valence-electron chi connectivity index (χ3n) is 4.88. The quantitative estimate of drug-likeness (QED) is 0.466. The molecule has 2 aromatic heterocycles. The fourth-order valence-electron chi connectivity index (χ4n) is 3.42. The van der Waals surface area contributed by atoms with E-state index in [1.54, 1.807) is 4.40 Å². The third kappa shape index (κ3) is 2.83. The van der Waals surface area contributed by atoms with E-state index in [1.165, 1.54) is 16.7 Å². The topological polar surface area (TPSA) is 61.2 Å². The number of benzene rings is 2. The molecule has 0 atom stereocenters. The summed E-state index contributed by atoms with van der Waals surface area (Å²) in [5, 5.41) is 16.8. The molecule has 0 saturated heterocycles. The van der Waals surface area contributed by atoms with Crippen molar-refractivity contribution in [2.75, 3.05) is 0 Å². The van der Waals surface area contributed by atoms with Crippen LogP contribution >= 0.6 is 11.6 Å². The Labute approximate surface area is 167 Å². The lowest BCUT2D eigenvalue weighted by Gasteiger charge is -2.09. The van der Waals surface area contributed by atoms with Crippen LogP contribution in [-0.4, -0.2) is 14.6 Å². The van der Waals surface area contributed by atoms with Crippen molar-refractivity contribution in [2.24, 2.45) is 0 Å². The highest BCUT2D eigenvalue weighted by molar-refractivity contribution is 6.33. The van der Waals surface area contributed by atoms with E-state index >= 15 is 0 Å². The molecule has 4 aromatic rings. The normalized spacial score (nSPS) is 10.8. The van der Waals surface area contributed by atoms with E-state index in [0.717, 1.165) is 17.5 Å². The van der Waals surface area contributed by atoms with Crippen LogP contribution in [0.25, 0.3) is 21.9 Å². The lowest BCUT2D eigenvalue weighted by Crippen LogP contribution is -1.94. The molecule has 0 spiro atoms. The minimum atomic E-state index is 0.144. The molecule has 0 radical (unpaired) electrons. The molecule has 0 unspecified atom stereocenters. The maximum Gasteiger partial charge on any atom is 0.243 e. The highest BCUT2D eigenvalue weighted by Crippen LogP contribution is 2.37. The predicted molar refractivity (Wildman–Crippen MR) is 110 cm³/mol. The van der Waals surface area contributed by atoms with Crippen LogP contribution in [0.3, 0.4) is 0 Å². The van der Waals surface area contributed by atoms with E-state index in [0.29, 0.717) is 11.5 Å². The smallest absolute Gasteiger partial charge is 0.243 e. The number of nitrogens with zero attached hydrogens (tertiary/aromatic N) is 4. The van der Waals surface area contributed by atoms with E-state index in [-0.39, 0.29) is 16.4 Å². The van der Waals surface area contributed by atoms with Crippen molar-refractivity contribution in [1.29, 1.82) is 5.26 Å². The minimum absolute atomic E-state index is 0.144. The van der Waals surface area contributed by atoms with Crippen LogP contribution in [-0.2, 0) is 6.42 Å². The summed E-state index contributed by atoms with van der Waals surface area (Å²) in [6.07, 6.45) is 0.811. The van der Waals surface area contributed by atoms with Crippen LogP contribution in [0.4, 0.5) is 5.69 Å². The molecule has 0 bridgehead atoms. The first-order valence-electron chi connectivity index (χ1n) is 8.74. The molecular weight excluding hydrogens is 370 g/mol. The highest BCUT2D eigenvalue weighted by atomic mass is 35.5. The molecule has 4 rings (SSSR count). The SMILES string of the molecule is [C-]#[N+]c1c(C#N)c2[nH]nc(-c3cccc(Cc4cc(C)ccc4C)c3)n2c1Cl. The van der Waals surface area contributed by atoms with Gasteiger partial charge in [-0.05, 0) is 43.0 Å². The summed E-state index contributed by atoms with van der Waals surface area (Å²) in [6, 6.07) is 16.6. The number of aromatic amines is 1. The first kappa shape index (κ1) is 17.9. The van der Waals surface area contributed by atoms with Crippen molar-refractivity contribution in [2.45, 2.75) is 20.3 Å². The molecule has 5 nitrogen and oxygen atoms in total. The summed E-state index contributed by atoms with van der Waals surface area (Å²) >= 11 is 6.38. The van der Waals surface area contributed by atoms with Gasteiger partial charge < -0.3 is 0 Å². The maximum absolute atomic E-state index is 9.38. The summed E-state index contributed by atoms with van der Waals surface area (Å²) in [7, 11) is 0. The van der Waals surface area contributed by atoms with Crippen molar-refractivity contribution in [3.05, 3.63) is 86.9 Å². The van der Waals surface area contributed by atoms with Crippen molar-refractivity contribution >= 4 is 22.9 Å². The van der Waals surface area contributed by atoms with E-state index in [1.807, 2.05) is 18.2 Å². The Kier molecular flexibility index (Phi) is 4.39. The van der Waals surface area contributed by atoms with Gasteiger partial charge in [0.25, 0.3) is 0 Å². The standard InChI is InChI=1S/C22H16ClN5/c1-13-7-8-14(2)17(9-13)11-15-5-4-6-16(10-15)21-26-27-22-18(12-24)19(25-3)20(23)28(21)22/h4-10,27H,11H2,1-2H3. The summed E-state index contributed by atoms with van der Waals surface area (Å²) in [4.78, 5) is 3.40. The summed E-state index contributed by atoms with van der Waals surface area (Å²) in [5.74, 6) is 0.578. The van der Waals surface area contributed by atoms with Gasteiger partial charge in [0.1, 0.15) is 16.4 Å². The predicted octanol–water partition coefficient (Wildman–Crippen LogP) is 5.61. The van der Waals surface area contributed by atoms with E-state index in [4.69, 9.17) is 18.2 Å². The molecule has 0 aliphatic heterocycles. The van der Waals surface area contributed by atoms with Crippen molar-refractivity contribution in [3.8, 4) is 17.5 Å². The average Bonchev–Trinajstić information content (AvgIpc) is 3.23. The van der Waals surface area contributed by atoms with E-state index < -0.39 is 0 Å². The Morgan fingerprint density at radius 1 is 1.25 bits per heavy atom. The molecule has 136 valence electrons. The van der Waals surface area contributed by atoms with Gasteiger partial charge in [-0.3, -0.25) is 9.50 Å². The lowest BCUT2D eigenvalue weighted by molar-refractivity contribution is 1.10. The lowest BCUT2D eigenvalue weighted by atomic mass is 9.97. The van der Waals surface area contributed by atoms with Crippen molar-refractivity contribution in [1.82, 2.24) is 14.6 Å². The van der Waals surface area contributed by atoms with Crippen LogP contribution in [0.1, 0.15) is 27.8 Å². The third-order valence-corrected chi connectivity index (χ3v) is 5.22. The summed E-state index contributed by atoms with van der Waals surface area (Å²) in [6.45, 7) is 11.5. The van der Waals surface area contributed by atoms with Gasteiger partial charge in [0.15, 0.2) is 5.82 Å². The second kappa shape index (κ2) is 6.88. The van der Waals surface area contributed by atoms with Crippen molar-refractivity contribution in [3.63, 3.8) is 0 Å². The molecule has 0 aliphatic carbocycles. The number of aromatic nitrogens is 3. The zero-order valence-corrected chi connectivity index (χ0v) is 16.2. The molecule has 0 saturated carbocycles. The summed E-state index contributed by atoms with van der Waals surface area (Å²) in [5.41, 5.74) is 6.59. The molecule has 0 amide bonds. The van der Waals surface area contributed by atoms with Crippen LogP contribution in [0.2, 0.25) is 5.15 Å². The number of hydrogen-bond donors (Lipinski definition) is 1. The van der Waals surface area contributed by atoms with Crippen LogP contribution in [0.5, 0.6) is 0 Å². The molecular formula is C22H16ClN5. The molecule has 0 fully saturated rings. The van der Waals surface area contributed by atoms with Gasteiger partial charge in [-0.15, -0.1) is 0 Å². The zero-order chi connectivity index (χ0) is 19.8. The summed E-state index contributed by atoms with van der Waals surface area (Å²) < 4.78 is 1.63. The number of halogens is 1. The van der Waals surface area contributed by atoms with Gasteiger partial charge in [-0.1, -0.05) is 53.6 Å². The maximum atomic E-state index is 9.38. The Balaban J connectivity index is 1.81. The number of hydrogen-bond acceptors (Lipinski definition) is 2. The number of fused-ring (bicyclic) bond motifs is 1. The van der Waals surface area contributed by atoms with Gasteiger partial charge in [0.2, 0.25) is 5.69 Å². The van der Waals surface area contributed by atoms with Gasteiger partial charge in [-0.2, -0.15) is 10.4 Å². The molecule has 2 aromatic carbocycles. The highest BCUT2D eigenvalue weighted by Gasteiger charge is 2.22. The van der Waals surface area contributed by atoms with Gasteiger partial charge in [-0.25, -0.2) is 4.85 Å². The fraction of sp³-hybridized carbons (Fsp3) is 0.136. The molecule has 2 heterocycles. The van der Waals surface area contributed by atoms with Gasteiger partial charge >= 0.3 is 0 Å². The second-order valence-corrected chi connectivity index (χ2v) is 7.13. The first-order chi connectivity index (χ1) is 13.5. The molecule has 1 N–H and O–H groups in total. The van der Waals surface area contributed by atoms with E-state index in [2.05, 4.69) is 59.2 Å². The largest absolute Gasteiger partial charge is 0.276 e. The second-order valence-electron chi connectivity index (χ2n) is 6.78. The van der Waals surface area contributed by atoms with E-state index in [9.17, 15) is 5.26 Å². The number of nitriles is 1. The van der Waals surface area contributed by atoms with Crippen molar-refractivity contribution < 1.29 is 0 Å². The number of nitrogens with one attached hydrogen (secondary N) is 1. The Hall–Kier alpha value is -3.54. The minimum Gasteiger partial charge on any atom is -0.276 e. The average molecular weight is 386 g/mol. The van der Waals surface area contributed by atoms with Crippen LogP contribution in [0.15, 0.2) is 42.5 Å². The number of aryl methyl sites for hydroxylation is 2. The molecule has 6 heteroatoms. The monoisotopic (exact) mass is 385 g/mol. The number of rotatable bonds is 3. The van der Waals surface area contributed by atoms with Gasteiger partial charge in [0.05, 0.1) is 12.6 Å². The Morgan fingerprint density at radius 3 is 2.82 bits per heavy atom. The fourth-order valence-corrected chi connectivity index (χ4v) is 3.73. The Morgan fingerprint density at radius 2 is 2.07 bits per heavy atom. The number of H-pyrrole nitrogens is 1. The molecule has 0 aliphatic rings. The molecule has 28 heavy (non-hydrogen) atoms. The van der Waals surface area contributed by atoms with Gasteiger partial charge in [0, 0.05) is 5.56 Å². The zero-order valence-electron chi connectivity index (χ0n) is 15.4.